The van der Waals surface area contributed by atoms with E-state index in [0.717, 1.165) is 48.1 Å². The Balaban J connectivity index is 1.43. The Kier molecular flexibility index (Phi) is 8.80. The van der Waals surface area contributed by atoms with Crippen molar-refractivity contribution in [2.24, 2.45) is 4.99 Å². The van der Waals surface area contributed by atoms with Gasteiger partial charge in [-0.05, 0) is 74.1 Å². The molecule has 1 aromatic heterocycles. The molecule has 6 nitrogen and oxygen atoms in total. The number of carbonyl (C=O) groups is 1. The van der Waals surface area contributed by atoms with Crippen LogP contribution in [0.5, 0.6) is 11.5 Å². The van der Waals surface area contributed by atoms with Crippen molar-refractivity contribution in [2.45, 2.75) is 39.2 Å². The number of halogens is 1. The molecule has 0 saturated carbocycles. The second-order valence-corrected chi connectivity index (χ2v) is 10.8. The second-order valence-electron chi connectivity index (χ2n) is 9.29. The average Bonchev–Trinajstić information content (AvgIpc) is 3.35. The lowest BCUT2D eigenvalue weighted by molar-refractivity contribution is 0.102. The fourth-order valence-corrected chi connectivity index (χ4v) is 6.20. The normalized spacial score (nSPS) is 12.5. The van der Waals surface area contributed by atoms with Crippen molar-refractivity contribution < 1.29 is 14.3 Å². The summed E-state index contributed by atoms with van der Waals surface area (Å²) in [7, 11) is 0. The summed E-state index contributed by atoms with van der Waals surface area (Å²) in [5.74, 6) is 0.744. The number of nitrogens with one attached hydrogen (secondary N) is 1. The number of fused-ring (bicyclic) bond motifs is 1. The van der Waals surface area contributed by atoms with Crippen LogP contribution in [0.2, 0.25) is 5.02 Å². The number of amides is 1. The van der Waals surface area contributed by atoms with Gasteiger partial charge in [0.2, 0.25) is 0 Å². The molecule has 5 rings (SSSR count). The fourth-order valence-electron chi connectivity index (χ4n) is 4.70. The van der Waals surface area contributed by atoms with E-state index in [-0.39, 0.29) is 12.5 Å². The van der Waals surface area contributed by atoms with Crippen molar-refractivity contribution in [1.82, 2.24) is 0 Å². The number of hydrogen-bond acceptors (Lipinski definition) is 6. The van der Waals surface area contributed by atoms with E-state index >= 15 is 0 Å². The zero-order chi connectivity index (χ0) is 27.9. The van der Waals surface area contributed by atoms with Crippen LogP contribution in [0, 0.1) is 11.3 Å². The molecule has 0 spiro atoms. The summed E-state index contributed by atoms with van der Waals surface area (Å²) in [6, 6.07) is 22.5. The minimum Gasteiger partial charge on any atom is -0.490 e. The van der Waals surface area contributed by atoms with E-state index in [4.69, 9.17) is 26.1 Å². The van der Waals surface area contributed by atoms with Gasteiger partial charge in [0.05, 0.1) is 28.8 Å². The molecule has 202 valence electrons. The van der Waals surface area contributed by atoms with Gasteiger partial charge in [-0.2, -0.15) is 5.26 Å². The molecule has 0 bridgehead atoms. The smallest absolute Gasteiger partial charge is 0.259 e. The summed E-state index contributed by atoms with van der Waals surface area (Å²) in [5.41, 5.74) is 4.53. The van der Waals surface area contributed by atoms with E-state index < -0.39 is 0 Å². The summed E-state index contributed by atoms with van der Waals surface area (Å²) in [6.45, 7) is 2.48. The van der Waals surface area contributed by atoms with Crippen LogP contribution in [0.3, 0.4) is 0 Å². The van der Waals surface area contributed by atoms with Crippen molar-refractivity contribution in [3.05, 3.63) is 104 Å². The van der Waals surface area contributed by atoms with Gasteiger partial charge < -0.3 is 14.8 Å². The number of nitriles is 1. The molecule has 4 aromatic rings. The van der Waals surface area contributed by atoms with Gasteiger partial charge in [0.25, 0.3) is 5.91 Å². The zero-order valence-corrected chi connectivity index (χ0v) is 23.6. The van der Waals surface area contributed by atoms with Crippen molar-refractivity contribution in [3.8, 4) is 17.6 Å². The molecule has 1 aliphatic carbocycles. The summed E-state index contributed by atoms with van der Waals surface area (Å²) in [6.07, 6.45) is 5.72. The Labute approximate surface area is 242 Å². The third-order valence-electron chi connectivity index (χ3n) is 6.58. The molecular formula is C32H28ClN3O3S. The van der Waals surface area contributed by atoms with E-state index in [1.807, 2.05) is 61.5 Å². The van der Waals surface area contributed by atoms with Gasteiger partial charge in [-0.3, -0.25) is 4.79 Å². The first kappa shape index (κ1) is 27.4. The highest BCUT2D eigenvalue weighted by Crippen LogP contribution is 2.41. The van der Waals surface area contributed by atoms with E-state index in [0.29, 0.717) is 39.3 Å². The van der Waals surface area contributed by atoms with E-state index in [9.17, 15) is 10.1 Å². The van der Waals surface area contributed by atoms with Crippen LogP contribution in [0.1, 0.15) is 57.3 Å². The largest absolute Gasteiger partial charge is 0.490 e. The first-order valence-corrected chi connectivity index (χ1v) is 14.4. The number of carbonyl (C=O) groups excluding carboxylic acids is 1. The number of rotatable bonds is 9. The first-order chi connectivity index (χ1) is 19.6. The third-order valence-corrected chi connectivity index (χ3v) is 8.06. The van der Waals surface area contributed by atoms with Crippen molar-refractivity contribution in [2.75, 3.05) is 11.9 Å². The molecule has 8 heteroatoms. The van der Waals surface area contributed by atoms with Crippen molar-refractivity contribution >= 4 is 45.7 Å². The highest BCUT2D eigenvalue weighted by atomic mass is 35.5. The monoisotopic (exact) mass is 569 g/mol. The van der Waals surface area contributed by atoms with Crippen LogP contribution in [0.15, 0.2) is 71.7 Å². The number of aryl methyl sites for hydroxylation is 1. The first-order valence-electron chi connectivity index (χ1n) is 13.2. The summed E-state index contributed by atoms with van der Waals surface area (Å²) in [5, 5.41) is 13.5. The Morgan fingerprint density at radius 1 is 1.10 bits per heavy atom. The van der Waals surface area contributed by atoms with E-state index in [1.165, 1.54) is 4.88 Å². The molecule has 1 N–H and O–H groups in total. The number of aliphatic imine (C=N–C) groups is 1. The SMILES string of the molecule is CCOc1cc(C=Nc2sc3c(c2C(=O)Nc2ccccc2)CCCC3)cc(Cl)c1OCc1ccccc1C#N. The topological polar surface area (TPSA) is 83.7 Å². The molecular weight excluding hydrogens is 542 g/mol. The van der Waals surface area contributed by atoms with Gasteiger partial charge in [0, 0.05) is 22.3 Å². The highest BCUT2D eigenvalue weighted by molar-refractivity contribution is 7.16. The lowest BCUT2D eigenvalue weighted by Gasteiger charge is -2.15. The number of para-hydroxylation sites is 1. The van der Waals surface area contributed by atoms with Gasteiger partial charge in [0.1, 0.15) is 11.6 Å². The van der Waals surface area contributed by atoms with Crippen molar-refractivity contribution in [3.63, 3.8) is 0 Å². The molecule has 0 fully saturated rings. The van der Waals surface area contributed by atoms with Gasteiger partial charge in [-0.15, -0.1) is 11.3 Å². The molecule has 0 saturated heterocycles. The van der Waals surface area contributed by atoms with Gasteiger partial charge >= 0.3 is 0 Å². The molecule has 1 heterocycles. The Bertz CT molecular complexity index is 1590. The minimum absolute atomic E-state index is 0.146. The highest BCUT2D eigenvalue weighted by Gasteiger charge is 2.25. The number of thiophene rings is 1. The predicted molar refractivity (Wildman–Crippen MR) is 161 cm³/mol. The minimum atomic E-state index is -0.146. The predicted octanol–water partition coefficient (Wildman–Crippen LogP) is 8.13. The maximum absolute atomic E-state index is 13.4. The number of hydrogen-bond donors (Lipinski definition) is 1. The maximum Gasteiger partial charge on any atom is 0.259 e. The van der Waals surface area contributed by atoms with Crippen molar-refractivity contribution in [1.29, 1.82) is 5.26 Å². The van der Waals surface area contributed by atoms with Crippen LogP contribution >= 0.6 is 22.9 Å². The fraction of sp³-hybridized carbons (Fsp3) is 0.219. The van der Waals surface area contributed by atoms with E-state index in [2.05, 4.69) is 11.4 Å². The van der Waals surface area contributed by atoms with E-state index in [1.54, 1.807) is 29.7 Å². The average molecular weight is 570 g/mol. The molecule has 1 amide bonds. The maximum atomic E-state index is 13.4. The molecule has 0 radical (unpaired) electrons. The molecule has 0 aliphatic heterocycles. The third kappa shape index (κ3) is 6.20. The summed E-state index contributed by atoms with van der Waals surface area (Å²) >= 11 is 8.23. The van der Waals surface area contributed by atoms with Gasteiger partial charge in [-0.1, -0.05) is 48.0 Å². The lowest BCUT2D eigenvalue weighted by Crippen LogP contribution is -2.14. The number of benzene rings is 3. The van der Waals surface area contributed by atoms with Crippen LogP contribution in [-0.4, -0.2) is 18.7 Å². The standard InChI is InChI=1S/C32H28ClN3O3S/c1-2-38-27-17-21(16-26(33)30(27)39-20-23-11-7-6-10-22(23)18-34)19-35-32-29(25-14-8-9-15-28(25)40-32)31(37)36-24-12-4-3-5-13-24/h3-7,10-13,16-17,19H,2,8-9,14-15,20H2,1H3,(H,36,37). The van der Waals surface area contributed by atoms with Gasteiger partial charge in [0.15, 0.2) is 11.5 Å². The van der Waals surface area contributed by atoms with Crippen LogP contribution < -0.4 is 14.8 Å². The second kappa shape index (κ2) is 12.8. The van der Waals surface area contributed by atoms with Crippen LogP contribution in [0.25, 0.3) is 0 Å². The lowest BCUT2D eigenvalue weighted by atomic mass is 9.95. The number of ether oxygens (including phenoxy) is 2. The molecule has 0 atom stereocenters. The quantitative estimate of drug-likeness (QED) is 0.206. The zero-order valence-electron chi connectivity index (χ0n) is 22.1. The Hall–Kier alpha value is -4.12. The number of anilines is 1. The Morgan fingerprint density at radius 3 is 2.67 bits per heavy atom. The Morgan fingerprint density at radius 2 is 1.88 bits per heavy atom. The summed E-state index contributed by atoms with van der Waals surface area (Å²) in [4.78, 5) is 19.4. The molecule has 1 aliphatic rings. The molecule has 40 heavy (non-hydrogen) atoms. The van der Waals surface area contributed by atoms with Crippen LogP contribution in [-0.2, 0) is 19.4 Å². The van der Waals surface area contributed by atoms with Crippen LogP contribution in [0.4, 0.5) is 10.7 Å². The summed E-state index contributed by atoms with van der Waals surface area (Å²) < 4.78 is 11.9. The number of nitrogens with zero attached hydrogens (tertiary/aromatic N) is 2. The molecule has 3 aromatic carbocycles. The van der Waals surface area contributed by atoms with Gasteiger partial charge in [-0.25, -0.2) is 4.99 Å². The molecule has 0 unspecified atom stereocenters.